The van der Waals surface area contributed by atoms with Gasteiger partial charge in [-0.3, -0.25) is 4.79 Å². The number of furan rings is 2. The summed E-state index contributed by atoms with van der Waals surface area (Å²) in [7, 11) is 0. The average Bonchev–Trinajstić information content (AvgIpc) is 3.11. The first-order chi connectivity index (χ1) is 10.5. The van der Waals surface area contributed by atoms with Crippen LogP contribution in [-0.4, -0.2) is 17.6 Å². The monoisotopic (exact) mass is 299 g/mol. The van der Waals surface area contributed by atoms with Crippen LogP contribution in [0.25, 0.3) is 11.0 Å². The summed E-state index contributed by atoms with van der Waals surface area (Å²) in [6, 6.07) is 12.5. The van der Waals surface area contributed by atoms with Crippen LogP contribution in [0.3, 0.4) is 0 Å². The lowest BCUT2D eigenvalue weighted by Crippen LogP contribution is -2.38. The molecule has 0 aliphatic heterocycles. The maximum absolute atomic E-state index is 12.2. The number of hydrogen-bond donors (Lipinski definition) is 2. The molecule has 0 aliphatic carbocycles. The molecule has 0 aliphatic rings. The first-order valence-electron chi connectivity index (χ1n) is 7.02. The van der Waals surface area contributed by atoms with Crippen LogP contribution in [0.2, 0.25) is 0 Å². The van der Waals surface area contributed by atoms with E-state index in [0.717, 1.165) is 5.39 Å². The number of carbonyl (C=O) groups is 1. The highest BCUT2D eigenvalue weighted by atomic mass is 16.4. The van der Waals surface area contributed by atoms with Gasteiger partial charge in [0.15, 0.2) is 5.76 Å². The van der Waals surface area contributed by atoms with E-state index in [-0.39, 0.29) is 18.2 Å². The van der Waals surface area contributed by atoms with E-state index >= 15 is 0 Å². The lowest BCUT2D eigenvalue weighted by Gasteiger charge is -2.20. The minimum Gasteiger partial charge on any atom is -0.463 e. The van der Waals surface area contributed by atoms with Crippen molar-refractivity contribution in [3.63, 3.8) is 0 Å². The molecule has 0 saturated heterocycles. The molecule has 3 aromatic rings. The molecule has 1 amide bonds. The van der Waals surface area contributed by atoms with Crippen LogP contribution >= 0.6 is 0 Å². The Hall–Kier alpha value is -2.53. The van der Waals surface area contributed by atoms with Gasteiger partial charge in [0.1, 0.15) is 22.7 Å². The lowest BCUT2D eigenvalue weighted by molar-refractivity contribution is 0.0319. The molecular weight excluding hydrogens is 282 g/mol. The number of para-hydroxylation sites is 1. The van der Waals surface area contributed by atoms with Gasteiger partial charge in [0.25, 0.3) is 5.91 Å². The molecule has 0 saturated carbocycles. The summed E-state index contributed by atoms with van der Waals surface area (Å²) in [6.45, 7) is 3.41. The first-order valence-corrected chi connectivity index (χ1v) is 7.02. The van der Waals surface area contributed by atoms with E-state index in [1.807, 2.05) is 18.2 Å². The molecule has 3 rings (SSSR count). The largest absolute Gasteiger partial charge is 0.463 e. The number of aryl methyl sites for hydroxylation is 1. The zero-order chi connectivity index (χ0) is 15.7. The van der Waals surface area contributed by atoms with E-state index < -0.39 is 5.60 Å². The Morgan fingerprint density at radius 1 is 1.23 bits per heavy atom. The molecule has 0 bridgehead atoms. The highest BCUT2D eigenvalue weighted by Gasteiger charge is 2.28. The second-order valence-corrected chi connectivity index (χ2v) is 5.52. The third-order valence-corrected chi connectivity index (χ3v) is 3.51. The summed E-state index contributed by atoms with van der Waals surface area (Å²) < 4.78 is 10.9. The smallest absolute Gasteiger partial charge is 0.287 e. The van der Waals surface area contributed by atoms with Crippen molar-refractivity contribution in [2.45, 2.75) is 19.4 Å². The third kappa shape index (κ3) is 2.76. The first kappa shape index (κ1) is 14.4. The Kier molecular flexibility index (Phi) is 3.50. The van der Waals surface area contributed by atoms with Gasteiger partial charge in [-0.25, -0.2) is 0 Å². The fourth-order valence-electron chi connectivity index (χ4n) is 2.24. The van der Waals surface area contributed by atoms with Gasteiger partial charge in [-0.2, -0.15) is 0 Å². The summed E-state index contributed by atoms with van der Waals surface area (Å²) in [4.78, 5) is 12.2. The minimum absolute atomic E-state index is 0.0236. The summed E-state index contributed by atoms with van der Waals surface area (Å²) in [6.07, 6.45) is 0. The van der Waals surface area contributed by atoms with E-state index in [9.17, 15) is 9.90 Å². The van der Waals surface area contributed by atoms with Gasteiger partial charge < -0.3 is 19.3 Å². The zero-order valence-corrected chi connectivity index (χ0v) is 12.4. The molecular formula is C17H17NO4. The van der Waals surface area contributed by atoms with Gasteiger partial charge in [0, 0.05) is 5.39 Å². The molecule has 114 valence electrons. The van der Waals surface area contributed by atoms with Gasteiger partial charge in [-0.1, -0.05) is 18.2 Å². The molecule has 2 aromatic heterocycles. The fourth-order valence-corrected chi connectivity index (χ4v) is 2.24. The molecule has 1 aromatic carbocycles. The van der Waals surface area contributed by atoms with Gasteiger partial charge in [0.2, 0.25) is 0 Å². The number of fused-ring (bicyclic) bond motifs is 1. The minimum atomic E-state index is -1.28. The third-order valence-electron chi connectivity index (χ3n) is 3.51. The number of benzene rings is 1. The predicted octanol–water partition coefficient (Wildman–Crippen LogP) is 2.97. The Morgan fingerprint density at radius 3 is 2.68 bits per heavy atom. The van der Waals surface area contributed by atoms with Crippen molar-refractivity contribution in [1.82, 2.24) is 5.32 Å². The normalized spacial score (nSPS) is 14.0. The summed E-state index contributed by atoms with van der Waals surface area (Å²) in [5, 5.41) is 13.9. The van der Waals surface area contributed by atoms with Gasteiger partial charge in [-0.15, -0.1) is 0 Å². The zero-order valence-electron chi connectivity index (χ0n) is 12.4. The molecule has 22 heavy (non-hydrogen) atoms. The average molecular weight is 299 g/mol. The second kappa shape index (κ2) is 5.35. The van der Waals surface area contributed by atoms with Crippen LogP contribution in [0, 0.1) is 6.92 Å². The van der Waals surface area contributed by atoms with Crippen molar-refractivity contribution in [2.75, 3.05) is 6.54 Å². The predicted molar refractivity (Wildman–Crippen MR) is 81.6 cm³/mol. The van der Waals surface area contributed by atoms with Gasteiger partial charge in [0.05, 0.1) is 6.54 Å². The summed E-state index contributed by atoms with van der Waals surface area (Å²) in [5.41, 5.74) is -0.628. The van der Waals surface area contributed by atoms with Crippen LogP contribution in [0.4, 0.5) is 0 Å². The number of nitrogens with one attached hydrogen (secondary N) is 1. The molecule has 2 heterocycles. The van der Waals surface area contributed by atoms with E-state index in [2.05, 4.69) is 5.32 Å². The van der Waals surface area contributed by atoms with Crippen molar-refractivity contribution in [3.8, 4) is 0 Å². The Bertz CT molecular complexity index is 780. The van der Waals surface area contributed by atoms with Crippen LogP contribution in [0.1, 0.15) is 29.0 Å². The molecule has 5 nitrogen and oxygen atoms in total. The molecule has 1 unspecified atom stereocenters. The van der Waals surface area contributed by atoms with Crippen molar-refractivity contribution >= 4 is 16.9 Å². The van der Waals surface area contributed by atoms with E-state index in [1.54, 1.807) is 38.1 Å². The van der Waals surface area contributed by atoms with E-state index in [4.69, 9.17) is 8.83 Å². The molecule has 0 radical (unpaired) electrons. The highest BCUT2D eigenvalue weighted by Crippen LogP contribution is 2.23. The van der Waals surface area contributed by atoms with Crippen LogP contribution in [0.15, 0.2) is 51.3 Å². The quantitative estimate of drug-likeness (QED) is 0.776. The number of carbonyl (C=O) groups excluding carboxylic acids is 1. The topological polar surface area (TPSA) is 75.6 Å². The lowest BCUT2D eigenvalue weighted by atomic mass is 10.0. The number of amides is 1. The number of aliphatic hydroxyl groups is 1. The molecule has 2 N–H and O–H groups in total. The van der Waals surface area contributed by atoms with Gasteiger partial charge in [-0.05, 0) is 38.1 Å². The summed E-state index contributed by atoms with van der Waals surface area (Å²) >= 11 is 0. The standard InChI is InChI=1S/C17H17NO4/c1-11-7-8-15(21-11)17(2,20)10-18-16(19)14-9-12-5-3-4-6-13(12)22-14/h3-9,20H,10H2,1-2H3,(H,18,19). The van der Waals surface area contributed by atoms with E-state index in [1.165, 1.54) is 0 Å². The van der Waals surface area contributed by atoms with Crippen LogP contribution in [0.5, 0.6) is 0 Å². The number of hydrogen-bond acceptors (Lipinski definition) is 4. The Labute approximate surface area is 127 Å². The van der Waals surface area contributed by atoms with Crippen molar-refractivity contribution in [2.24, 2.45) is 0 Å². The summed E-state index contributed by atoms with van der Waals surface area (Å²) in [5.74, 6) is 0.959. The maximum Gasteiger partial charge on any atom is 0.287 e. The van der Waals surface area contributed by atoms with Crippen LogP contribution in [-0.2, 0) is 5.60 Å². The van der Waals surface area contributed by atoms with Crippen molar-refractivity contribution < 1.29 is 18.7 Å². The second-order valence-electron chi connectivity index (χ2n) is 5.52. The van der Waals surface area contributed by atoms with Gasteiger partial charge >= 0.3 is 0 Å². The Balaban J connectivity index is 1.71. The number of rotatable bonds is 4. The van der Waals surface area contributed by atoms with Crippen molar-refractivity contribution in [3.05, 3.63) is 59.7 Å². The molecule has 0 fully saturated rings. The SMILES string of the molecule is Cc1ccc(C(C)(O)CNC(=O)c2cc3ccccc3o2)o1. The fraction of sp³-hybridized carbons (Fsp3) is 0.235. The molecule has 5 heteroatoms. The van der Waals surface area contributed by atoms with Crippen LogP contribution < -0.4 is 5.32 Å². The molecule has 1 atom stereocenters. The van der Waals surface area contributed by atoms with Crippen molar-refractivity contribution in [1.29, 1.82) is 0 Å². The maximum atomic E-state index is 12.2. The molecule has 0 spiro atoms. The highest BCUT2D eigenvalue weighted by molar-refractivity contribution is 5.96. The Morgan fingerprint density at radius 2 is 2.00 bits per heavy atom. The van der Waals surface area contributed by atoms with E-state index in [0.29, 0.717) is 17.1 Å².